The van der Waals surface area contributed by atoms with Crippen molar-refractivity contribution in [3.8, 4) is 5.75 Å². The Labute approximate surface area is 166 Å². The van der Waals surface area contributed by atoms with Crippen LogP contribution >= 0.6 is 0 Å². The number of carbonyl (C=O) groups is 1. The van der Waals surface area contributed by atoms with Crippen molar-refractivity contribution < 1.29 is 14.0 Å². The highest BCUT2D eigenvalue weighted by atomic mass is 16.5. The average Bonchev–Trinajstić information content (AvgIpc) is 2.53. The zero-order chi connectivity index (χ0) is 20.2. The molecule has 1 aliphatic carbocycles. The van der Waals surface area contributed by atoms with Crippen LogP contribution in [-0.4, -0.2) is 38.1 Å². The molecule has 3 nitrogen and oxygen atoms in total. The first-order valence-corrected chi connectivity index (χ1v) is 10.7. The number of rotatable bonds is 7. The van der Waals surface area contributed by atoms with E-state index in [2.05, 4.69) is 67.0 Å². The summed E-state index contributed by atoms with van der Waals surface area (Å²) in [6.07, 6.45) is 6.56. The highest BCUT2D eigenvalue weighted by Crippen LogP contribution is 2.42. The van der Waals surface area contributed by atoms with E-state index in [1.54, 1.807) is 0 Å². The molecule has 152 valence electrons. The maximum absolute atomic E-state index is 13.1. The summed E-state index contributed by atoms with van der Waals surface area (Å²) in [6.45, 7) is 9.69. The van der Waals surface area contributed by atoms with Crippen LogP contribution in [0.2, 0.25) is 0 Å². The lowest BCUT2D eigenvalue weighted by Crippen LogP contribution is -2.47. The zero-order valence-electron chi connectivity index (χ0n) is 18.6. The smallest absolute Gasteiger partial charge is 0.311 e. The van der Waals surface area contributed by atoms with E-state index < -0.39 is 0 Å². The summed E-state index contributed by atoms with van der Waals surface area (Å²) in [5, 5.41) is 0. The first kappa shape index (κ1) is 21.9. The number of ether oxygens (including phenoxy) is 1. The van der Waals surface area contributed by atoms with Crippen LogP contribution in [0.15, 0.2) is 18.2 Å². The highest BCUT2D eigenvalue weighted by molar-refractivity contribution is 5.74. The second-order valence-corrected chi connectivity index (χ2v) is 10.2. The number of hydrogen-bond acceptors (Lipinski definition) is 2. The van der Waals surface area contributed by atoms with Crippen LogP contribution in [0.1, 0.15) is 89.2 Å². The summed E-state index contributed by atoms with van der Waals surface area (Å²) in [7, 11) is 6.69. The predicted molar refractivity (Wildman–Crippen MR) is 113 cm³/mol. The molecular formula is C24H40NO2+. The van der Waals surface area contributed by atoms with Gasteiger partial charge in [-0.3, -0.25) is 4.79 Å². The lowest BCUT2D eigenvalue weighted by Gasteiger charge is -2.41. The van der Waals surface area contributed by atoms with Crippen molar-refractivity contribution in [1.82, 2.24) is 0 Å². The van der Waals surface area contributed by atoms with Crippen LogP contribution in [0.3, 0.4) is 0 Å². The Morgan fingerprint density at radius 3 is 1.96 bits per heavy atom. The SMILES string of the molecule is CC(C)c1cccc(C(C)C)c1OC(=O)CC1(C[N+](C)(C)C)CCCCC1. The molecule has 3 heteroatoms. The fourth-order valence-corrected chi connectivity index (χ4v) is 4.76. The second kappa shape index (κ2) is 8.77. The minimum atomic E-state index is -0.0552. The number of benzene rings is 1. The molecule has 1 aromatic carbocycles. The number of quaternary nitrogens is 1. The maximum atomic E-state index is 13.1. The fourth-order valence-electron chi connectivity index (χ4n) is 4.76. The predicted octanol–water partition coefficient (Wildman–Crippen LogP) is 5.89. The Bertz CT molecular complexity index is 608. The van der Waals surface area contributed by atoms with Gasteiger partial charge in [-0.05, 0) is 35.8 Å². The molecule has 0 N–H and O–H groups in total. The van der Waals surface area contributed by atoms with E-state index in [-0.39, 0.29) is 11.4 Å². The van der Waals surface area contributed by atoms with Crippen LogP contribution in [0.4, 0.5) is 0 Å². The minimum absolute atomic E-state index is 0.0552. The summed E-state index contributed by atoms with van der Waals surface area (Å²) in [5.74, 6) is 1.42. The Morgan fingerprint density at radius 2 is 1.52 bits per heavy atom. The van der Waals surface area contributed by atoms with Crippen molar-refractivity contribution in [2.45, 2.75) is 78.1 Å². The summed E-state index contributed by atoms with van der Waals surface area (Å²) in [5.41, 5.74) is 2.36. The molecule has 1 aromatic rings. The van der Waals surface area contributed by atoms with Crippen LogP contribution in [-0.2, 0) is 4.79 Å². The van der Waals surface area contributed by atoms with Crippen molar-refractivity contribution in [2.75, 3.05) is 27.7 Å². The molecule has 0 aromatic heterocycles. The van der Waals surface area contributed by atoms with Crippen molar-refractivity contribution in [3.05, 3.63) is 29.3 Å². The largest absolute Gasteiger partial charge is 0.426 e. The topological polar surface area (TPSA) is 26.3 Å². The van der Waals surface area contributed by atoms with Gasteiger partial charge in [0.1, 0.15) is 5.75 Å². The summed E-state index contributed by atoms with van der Waals surface area (Å²) in [6, 6.07) is 6.28. The van der Waals surface area contributed by atoms with Gasteiger partial charge < -0.3 is 9.22 Å². The quantitative estimate of drug-likeness (QED) is 0.338. The average molecular weight is 375 g/mol. The van der Waals surface area contributed by atoms with Gasteiger partial charge in [0.05, 0.1) is 34.1 Å². The molecule has 1 saturated carbocycles. The van der Waals surface area contributed by atoms with Gasteiger partial charge in [0.25, 0.3) is 0 Å². The number of nitrogens with zero attached hydrogens (tertiary/aromatic N) is 1. The third-order valence-electron chi connectivity index (χ3n) is 5.78. The molecule has 0 amide bonds. The molecule has 0 saturated heterocycles. The van der Waals surface area contributed by atoms with Crippen molar-refractivity contribution in [2.24, 2.45) is 5.41 Å². The second-order valence-electron chi connectivity index (χ2n) is 10.2. The molecule has 0 spiro atoms. The van der Waals surface area contributed by atoms with E-state index in [4.69, 9.17) is 4.74 Å². The van der Waals surface area contributed by atoms with E-state index >= 15 is 0 Å². The minimum Gasteiger partial charge on any atom is -0.426 e. The standard InChI is InChI=1S/C24H40NO2/c1-18(2)20-12-11-13-21(19(3)4)23(20)27-22(26)16-24(17-25(5,6)7)14-9-8-10-15-24/h11-13,18-19H,8-10,14-17H2,1-7H3/q+1. The van der Waals surface area contributed by atoms with Crippen LogP contribution in [0.5, 0.6) is 5.75 Å². The Morgan fingerprint density at radius 1 is 1.00 bits per heavy atom. The highest BCUT2D eigenvalue weighted by Gasteiger charge is 2.40. The summed E-state index contributed by atoms with van der Waals surface area (Å²) >= 11 is 0. The lowest BCUT2D eigenvalue weighted by molar-refractivity contribution is -0.877. The molecule has 0 atom stereocenters. The molecule has 0 aliphatic heterocycles. The monoisotopic (exact) mass is 374 g/mol. The van der Waals surface area contributed by atoms with Gasteiger partial charge >= 0.3 is 5.97 Å². The van der Waals surface area contributed by atoms with Crippen LogP contribution in [0, 0.1) is 5.41 Å². The Hall–Kier alpha value is -1.35. The Balaban J connectivity index is 2.25. The van der Waals surface area contributed by atoms with Crippen LogP contribution in [0.25, 0.3) is 0 Å². The van der Waals surface area contributed by atoms with E-state index in [0.717, 1.165) is 40.7 Å². The first-order valence-electron chi connectivity index (χ1n) is 10.7. The number of para-hydroxylation sites is 1. The molecule has 1 fully saturated rings. The van der Waals surface area contributed by atoms with Gasteiger partial charge in [-0.2, -0.15) is 0 Å². The fraction of sp³-hybridized carbons (Fsp3) is 0.708. The molecule has 0 heterocycles. The van der Waals surface area contributed by atoms with Crippen molar-refractivity contribution in [3.63, 3.8) is 0 Å². The molecule has 0 bridgehead atoms. The van der Waals surface area contributed by atoms with Crippen molar-refractivity contribution in [1.29, 1.82) is 0 Å². The molecule has 1 aliphatic rings. The van der Waals surface area contributed by atoms with Crippen LogP contribution < -0.4 is 4.74 Å². The number of hydrogen-bond donors (Lipinski definition) is 0. The van der Waals surface area contributed by atoms with Gasteiger partial charge in [0.15, 0.2) is 0 Å². The molecule has 0 radical (unpaired) electrons. The van der Waals surface area contributed by atoms with Gasteiger partial charge in [-0.15, -0.1) is 0 Å². The molecular weight excluding hydrogens is 334 g/mol. The van der Waals surface area contributed by atoms with Gasteiger partial charge in [-0.1, -0.05) is 65.2 Å². The van der Waals surface area contributed by atoms with E-state index in [1.807, 2.05) is 0 Å². The van der Waals surface area contributed by atoms with Gasteiger partial charge in [-0.25, -0.2) is 0 Å². The zero-order valence-corrected chi connectivity index (χ0v) is 18.6. The number of carbonyl (C=O) groups excluding carboxylic acids is 1. The summed E-state index contributed by atoms with van der Waals surface area (Å²) in [4.78, 5) is 13.1. The molecule has 0 unspecified atom stereocenters. The van der Waals surface area contributed by atoms with Crippen molar-refractivity contribution >= 4 is 5.97 Å². The summed E-state index contributed by atoms with van der Waals surface area (Å²) < 4.78 is 6.99. The molecule has 2 rings (SSSR count). The molecule has 27 heavy (non-hydrogen) atoms. The Kier molecular flexibility index (Phi) is 7.13. The lowest BCUT2D eigenvalue weighted by atomic mass is 9.71. The normalized spacial score (nSPS) is 17.4. The van der Waals surface area contributed by atoms with E-state index in [0.29, 0.717) is 18.3 Å². The van der Waals surface area contributed by atoms with Gasteiger partial charge in [0, 0.05) is 5.41 Å². The third-order valence-corrected chi connectivity index (χ3v) is 5.78. The van der Waals surface area contributed by atoms with E-state index in [1.165, 1.54) is 19.3 Å². The first-order chi connectivity index (χ1) is 12.5. The van der Waals surface area contributed by atoms with Gasteiger partial charge in [0.2, 0.25) is 0 Å². The number of esters is 1. The maximum Gasteiger partial charge on any atom is 0.311 e. The third kappa shape index (κ3) is 6.07. The van der Waals surface area contributed by atoms with E-state index in [9.17, 15) is 4.79 Å².